The molecule has 7 rings (SSSR count). The van der Waals surface area contributed by atoms with Crippen molar-refractivity contribution < 1.29 is 14.2 Å². The number of aryl methyl sites for hydroxylation is 1. The number of aromatic nitrogens is 5. The second kappa shape index (κ2) is 13.9. The summed E-state index contributed by atoms with van der Waals surface area (Å²) in [7, 11) is -1.17. The number of hydrogen-bond donors (Lipinski definition) is 1. The van der Waals surface area contributed by atoms with Crippen molar-refractivity contribution in [3.63, 3.8) is 0 Å². The van der Waals surface area contributed by atoms with Crippen LogP contribution in [0.5, 0.6) is 0 Å². The molecule has 1 aliphatic heterocycles. The molecular formula is C36H50Cl2N6O3Si. The largest absolute Gasteiger partial charge is 0.361 e. The third-order valence-corrected chi connectivity index (χ3v) is 12.6. The van der Waals surface area contributed by atoms with Crippen molar-refractivity contribution in [2.24, 2.45) is 11.8 Å². The molecule has 1 saturated heterocycles. The Morgan fingerprint density at radius 1 is 1.06 bits per heavy atom. The van der Waals surface area contributed by atoms with Crippen molar-refractivity contribution in [2.45, 2.75) is 115 Å². The van der Waals surface area contributed by atoms with E-state index in [-0.39, 0.29) is 18.2 Å². The minimum Gasteiger partial charge on any atom is -0.361 e. The van der Waals surface area contributed by atoms with Gasteiger partial charge >= 0.3 is 0 Å². The first-order valence-electron chi connectivity index (χ1n) is 17.7. The lowest BCUT2D eigenvalue weighted by atomic mass is 10.1. The van der Waals surface area contributed by atoms with Crippen molar-refractivity contribution in [1.82, 2.24) is 29.4 Å². The molecule has 1 aromatic carbocycles. The van der Waals surface area contributed by atoms with E-state index < -0.39 is 13.9 Å². The number of nitrogens with zero attached hydrogens (tertiary/aromatic N) is 5. The molecule has 3 fully saturated rings. The van der Waals surface area contributed by atoms with Crippen LogP contribution >= 0.6 is 23.2 Å². The van der Waals surface area contributed by atoms with Gasteiger partial charge in [0.2, 0.25) is 0 Å². The molecular weight excluding hydrogens is 663 g/mol. The molecule has 0 amide bonds. The monoisotopic (exact) mass is 712 g/mol. The number of rotatable bonds is 15. The Morgan fingerprint density at radius 3 is 2.65 bits per heavy atom. The zero-order valence-electron chi connectivity index (χ0n) is 29.0. The molecule has 48 heavy (non-hydrogen) atoms. The van der Waals surface area contributed by atoms with Gasteiger partial charge in [0.25, 0.3) is 0 Å². The van der Waals surface area contributed by atoms with E-state index in [4.69, 9.17) is 47.4 Å². The average molecular weight is 714 g/mol. The summed E-state index contributed by atoms with van der Waals surface area (Å²) in [6, 6.07) is 7.27. The van der Waals surface area contributed by atoms with Gasteiger partial charge in [-0.15, -0.1) is 0 Å². The topological polar surface area (TPSA) is 88.2 Å². The van der Waals surface area contributed by atoms with Gasteiger partial charge in [0.05, 0.1) is 38.9 Å². The van der Waals surface area contributed by atoms with Crippen LogP contribution in [0.2, 0.25) is 35.7 Å². The van der Waals surface area contributed by atoms with E-state index in [2.05, 4.69) is 51.3 Å². The summed E-state index contributed by atoms with van der Waals surface area (Å²) in [6.45, 7) is 14.2. The van der Waals surface area contributed by atoms with Crippen LogP contribution in [-0.4, -0.2) is 69.9 Å². The quantitative estimate of drug-likeness (QED) is 0.0986. The molecule has 9 nitrogen and oxygen atoms in total. The number of halogens is 2. The normalized spacial score (nSPS) is 23.9. The lowest BCUT2D eigenvalue weighted by Gasteiger charge is -2.24. The van der Waals surface area contributed by atoms with Crippen LogP contribution in [-0.2, 0) is 33.8 Å². The van der Waals surface area contributed by atoms with E-state index in [1.165, 1.54) is 23.9 Å². The predicted octanol–water partition coefficient (Wildman–Crippen LogP) is 8.05. The number of nitrogens with one attached hydrogen (secondary N) is 1. The Hall–Kier alpha value is -2.05. The van der Waals surface area contributed by atoms with Gasteiger partial charge in [0.15, 0.2) is 5.79 Å². The number of fused-ring (bicyclic) bond motifs is 3. The van der Waals surface area contributed by atoms with Crippen LogP contribution in [0.25, 0.3) is 22.1 Å². The molecule has 3 aromatic heterocycles. The maximum atomic E-state index is 6.54. The van der Waals surface area contributed by atoms with E-state index in [1.54, 1.807) is 6.33 Å². The van der Waals surface area contributed by atoms with Gasteiger partial charge in [0.1, 0.15) is 30.6 Å². The number of hydrogen-bond acceptors (Lipinski definition) is 7. The van der Waals surface area contributed by atoms with Crippen molar-refractivity contribution >= 4 is 53.3 Å². The maximum Gasteiger partial charge on any atom is 0.163 e. The smallest absolute Gasteiger partial charge is 0.163 e. The molecule has 12 heteroatoms. The first-order chi connectivity index (χ1) is 23.0. The molecule has 4 atom stereocenters. The molecule has 3 aliphatic rings. The van der Waals surface area contributed by atoms with E-state index in [1.807, 2.05) is 26.0 Å². The second-order valence-electron chi connectivity index (χ2n) is 15.8. The molecule has 260 valence electrons. The van der Waals surface area contributed by atoms with Crippen LogP contribution in [0, 0.1) is 11.8 Å². The van der Waals surface area contributed by atoms with Crippen LogP contribution in [0.3, 0.4) is 0 Å². The second-order valence-corrected chi connectivity index (χ2v) is 22.2. The van der Waals surface area contributed by atoms with Gasteiger partial charge in [-0.2, -0.15) is 0 Å². The molecule has 0 radical (unpaired) electrons. The molecule has 0 bridgehead atoms. The predicted molar refractivity (Wildman–Crippen MR) is 195 cm³/mol. The van der Waals surface area contributed by atoms with E-state index in [0.29, 0.717) is 22.7 Å². The summed E-state index contributed by atoms with van der Waals surface area (Å²) in [6.07, 6.45) is 11.5. The Balaban J connectivity index is 0.957. The highest BCUT2D eigenvalue weighted by Gasteiger charge is 2.54. The van der Waals surface area contributed by atoms with Crippen molar-refractivity contribution in [1.29, 1.82) is 0 Å². The van der Waals surface area contributed by atoms with Gasteiger partial charge < -0.3 is 28.7 Å². The van der Waals surface area contributed by atoms with Gasteiger partial charge in [-0.1, -0.05) is 42.8 Å². The van der Waals surface area contributed by atoms with Gasteiger partial charge in [-0.25, -0.2) is 15.0 Å². The number of benzene rings is 1. The van der Waals surface area contributed by atoms with Gasteiger partial charge in [-0.3, -0.25) is 0 Å². The molecule has 0 unspecified atom stereocenters. The highest BCUT2D eigenvalue weighted by Crippen LogP contribution is 2.47. The third-order valence-electron chi connectivity index (χ3n) is 10.2. The Kier molecular flexibility index (Phi) is 9.98. The first-order valence-corrected chi connectivity index (χ1v) is 22.2. The van der Waals surface area contributed by atoms with Crippen LogP contribution in [0.15, 0.2) is 30.7 Å². The summed E-state index contributed by atoms with van der Waals surface area (Å²) in [5, 5.41) is 6.00. The van der Waals surface area contributed by atoms with Crippen molar-refractivity contribution in [3.05, 3.63) is 52.3 Å². The lowest BCUT2D eigenvalue weighted by molar-refractivity contribution is -0.160. The minimum atomic E-state index is -1.17. The SMILES string of the molecule is CC1(C)O[C@@H]2[C@@H](CNCCCCc3nc4cc(Cl)c(Cl)cc4n3COCC[Si](C)(C)C)C[C@@H](n3ccc4c(CC5CC5)ncnc43)[C@@H]2O1. The summed E-state index contributed by atoms with van der Waals surface area (Å²) in [5.74, 6) is 1.54. The standard InChI is InChI=1S/C36H50Cl2N6O3Si/c1-36(2)46-33-24(17-31(34(33)47-36)43-13-11-25-28(16-23-9-10-23)40-21-41-35(25)43)20-39-12-7-6-8-32-42-29-18-26(37)27(38)19-30(29)44(32)22-45-14-15-48(3,4)5/h11,13,18-19,21,23-24,31,33-34,39H,6-10,12,14-17,20,22H2,1-5H3/t24-,31-,33-,34+/m1/s1. The molecule has 0 spiro atoms. The highest BCUT2D eigenvalue weighted by molar-refractivity contribution is 6.76. The highest BCUT2D eigenvalue weighted by atomic mass is 35.5. The van der Waals surface area contributed by atoms with Crippen molar-refractivity contribution in [2.75, 3.05) is 19.7 Å². The molecule has 4 aromatic rings. The van der Waals surface area contributed by atoms with Gasteiger partial charge in [-0.05, 0) is 89.1 Å². The molecule has 2 saturated carbocycles. The van der Waals surface area contributed by atoms with Crippen molar-refractivity contribution in [3.8, 4) is 0 Å². The maximum absolute atomic E-state index is 6.54. The zero-order valence-corrected chi connectivity index (χ0v) is 31.5. The van der Waals surface area contributed by atoms with E-state index in [0.717, 1.165) is 86.3 Å². The lowest BCUT2D eigenvalue weighted by Crippen LogP contribution is -2.33. The Morgan fingerprint density at radius 2 is 1.85 bits per heavy atom. The molecule has 1 N–H and O–H groups in total. The third kappa shape index (κ3) is 7.65. The van der Waals surface area contributed by atoms with Gasteiger partial charge in [0, 0.05) is 45.1 Å². The fraction of sp³-hybridized carbons (Fsp3) is 0.639. The first kappa shape index (κ1) is 34.4. The fourth-order valence-electron chi connectivity index (χ4n) is 7.44. The Labute approximate surface area is 295 Å². The summed E-state index contributed by atoms with van der Waals surface area (Å²) in [5.41, 5.74) is 4.03. The Bertz CT molecular complexity index is 1750. The van der Waals surface area contributed by atoms with Crippen LogP contribution in [0.1, 0.15) is 63.5 Å². The number of imidazole rings is 1. The number of ether oxygens (including phenoxy) is 3. The number of unbranched alkanes of at least 4 members (excludes halogenated alkanes) is 1. The average Bonchev–Trinajstić information content (AvgIpc) is 3.33. The molecule has 4 heterocycles. The van der Waals surface area contributed by atoms with E-state index in [9.17, 15) is 0 Å². The minimum absolute atomic E-state index is 0.00721. The van der Waals surface area contributed by atoms with Crippen LogP contribution < -0.4 is 5.32 Å². The summed E-state index contributed by atoms with van der Waals surface area (Å²) in [4.78, 5) is 14.3. The zero-order chi connectivity index (χ0) is 33.6. The summed E-state index contributed by atoms with van der Waals surface area (Å²) < 4.78 is 23.7. The van der Waals surface area contributed by atoms with E-state index >= 15 is 0 Å². The van der Waals surface area contributed by atoms with Crippen LogP contribution in [0.4, 0.5) is 0 Å². The fourth-order valence-corrected chi connectivity index (χ4v) is 8.51. The molecule has 2 aliphatic carbocycles. The summed E-state index contributed by atoms with van der Waals surface area (Å²) >= 11 is 12.7.